The van der Waals surface area contributed by atoms with E-state index in [-0.39, 0.29) is 84.6 Å². The molecule has 3 aromatic rings. The van der Waals surface area contributed by atoms with Gasteiger partial charge in [0, 0.05) is 70.5 Å². The zero-order chi connectivity index (χ0) is 49.3. The van der Waals surface area contributed by atoms with Crippen LogP contribution in [0.1, 0.15) is 134 Å². The molecule has 5 heterocycles. The maximum Gasteiger partial charge on any atom is 0.325 e. The molecule has 66 heavy (non-hydrogen) atoms. The van der Waals surface area contributed by atoms with Crippen LogP contribution in [-0.4, -0.2) is 110 Å². The second kappa shape index (κ2) is 19.1. The Balaban J connectivity index is 2.44. The third-order valence-corrected chi connectivity index (χ3v) is 12.8. The highest BCUT2D eigenvalue weighted by Crippen LogP contribution is 2.48. The number of carboxylic acids is 6. The van der Waals surface area contributed by atoms with Gasteiger partial charge in [0.15, 0.2) is 10.8 Å². The standard InChI is InChI=1S/C48H54N4O14/c1-9-25-21(3)35-29(13-11-19-53)40-26(10-2)22(4)37(51-40)33(47(7,43(59)60)44(61)62)38-24(6)28(16-18-32(57)58)42(52-38)34(48(8,45(63)64)46(65)66)41-27(15-17-31(55)56)23(5)36(50-41)30(14-12-20-54)39(25)49-35/h9-10,49,51,53-54H,1-2,11-20H2,3-8H3,(H,55,56)(H,57,58)(H,59,60)(H,61,62)(H,63,64)(H,65,66). The zero-order valence-corrected chi connectivity index (χ0v) is 37.6. The monoisotopic (exact) mass is 910 g/mol. The van der Waals surface area contributed by atoms with Crippen molar-refractivity contribution in [3.05, 3.63) is 80.4 Å². The molecule has 5 rings (SSSR count). The Kier molecular flexibility index (Phi) is 14.4. The molecule has 8 bridgehead atoms. The van der Waals surface area contributed by atoms with Crippen LogP contribution in [0.4, 0.5) is 0 Å². The fourth-order valence-electron chi connectivity index (χ4n) is 9.00. The van der Waals surface area contributed by atoms with Gasteiger partial charge in [-0.2, -0.15) is 0 Å². The number of aryl methyl sites for hydroxylation is 4. The summed E-state index contributed by atoms with van der Waals surface area (Å²) >= 11 is 0. The number of carboxylic acid groups (broad SMARTS) is 6. The van der Waals surface area contributed by atoms with Crippen molar-refractivity contribution in [2.24, 2.45) is 0 Å². The number of hydrogen-bond acceptors (Lipinski definition) is 10. The van der Waals surface area contributed by atoms with Crippen molar-refractivity contribution in [1.29, 1.82) is 0 Å². The van der Waals surface area contributed by atoms with Crippen LogP contribution >= 0.6 is 0 Å². The van der Waals surface area contributed by atoms with Crippen molar-refractivity contribution < 1.29 is 69.6 Å². The van der Waals surface area contributed by atoms with Crippen LogP contribution in [0.5, 0.6) is 0 Å². The molecule has 0 saturated carbocycles. The number of nitrogens with one attached hydrogen (secondary N) is 2. The number of nitrogens with zero attached hydrogens (tertiary/aromatic N) is 2. The first-order chi connectivity index (χ1) is 31.0. The molecule has 18 heteroatoms. The molecule has 10 N–H and O–H groups in total. The van der Waals surface area contributed by atoms with Crippen LogP contribution in [0.3, 0.4) is 0 Å². The van der Waals surface area contributed by atoms with E-state index in [1.54, 1.807) is 26.8 Å². The lowest BCUT2D eigenvalue weighted by atomic mass is 9.77. The van der Waals surface area contributed by atoms with Crippen LogP contribution in [-0.2, 0) is 52.4 Å². The Morgan fingerprint density at radius 1 is 0.530 bits per heavy atom. The normalized spacial score (nSPS) is 13.0. The minimum Gasteiger partial charge on any atom is -0.481 e. The number of aromatic amines is 2. The van der Waals surface area contributed by atoms with Crippen molar-refractivity contribution in [2.75, 3.05) is 13.2 Å². The van der Waals surface area contributed by atoms with Gasteiger partial charge in [-0.3, -0.25) is 28.8 Å². The van der Waals surface area contributed by atoms with Gasteiger partial charge in [-0.05, 0) is 113 Å². The number of fused-ring (bicyclic) bond motifs is 8. The summed E-state index contributed by atoms with van der Waals surface area (Å²) in [5.41, 5.74) is -3.33. The fraction of sp³-hybridized carbons (Fsp3) is 0.375. The molecule has 3 aromatic heterocycles. The first-order valence-electron chi connectivity index (χ1n) is 21.1. The van der Waals surface area contributed by atoms with Crippen LogP contribution < -0.4 is 0 Å². The number of aliphatic carboxylic acids is 6. The summed E-state index contributed by atoms with van der Waals surface area (Å²) in [6.07, 6.45) is 1.83. The number of aromatic nitrogens is 4. The molecule has 0 radical (unpaired) electrons. The van der Waals surface area contributed by atoms with E-state index in [0.717, 1.165) is 13.8 Å². The molecular weight excluding hydrogens is 857 g/mol. The van der Waals surface area contributed by atoms with Crippen molar-refractivity contribution in [3.8, 4) is 0 Å². The van der Waals surface area contributed by atoms with Gasteiger partial charge in [-0.25, -0.2) is 9.97 Å². The summed E-state index contributed by atoms with van der Waals surface area (Å²) in [5, 5.41) is 84.2. The van der Waals surface area contributed by atoms with E-state index in [9.17, 15) is 69.6 Å². The third kappa shape index (κ3) is 8.21. The lowest BCUT2D eigenvalue weighted by molar-refractivity contribution is -0.158. The third-order valence-electron chi connectivity index (χ3n) is 12.8. The number of aliphatic hydroxyl groups excluding tert-OH is 2. The van der Waals surface area contributed by atoms with Gasteiger partial charge >= 0.3 is 35.8 Å². The number of H-pyrrole nitrogens is 2. The Bertz CT molecular complexity index is 2850. The summed E-state index contributed by atoms with van der Waals surface area (Å²) in [6.45, 7) is 15.8. The number of aliphatic hydroxyl groups is 2. The van der Waals surface area contributed by atoms with Crippen LogP contribution in [0.15, 0.2) is 13.2 Å². The second-order valence-electron chi connectivity index (χ2n) is 16.7. The second-order valence-corrected chi connectivity index (χ2v) is 16.7. The van der Waals surface area contributed by atoms with Gasteiger partial charge in [0.05, 0.1) is 33.8 Å². The van der Waals surface area contributed by atoms with E-state index in [1.807, 2.05) is 0 Å². The van der Waals surface area contributed by atoms with Crippen LogP contribution in [0.2, 0.25) is 0 Å². The number of rotatable bonds is 20. The minimum absolute atomic E-state index is 0.000877. The maximum absolute atomic E-state index is 13.6. The highest BCUT2D eigenvalue weighted by atomic mass is 16.4. The Morgan fingerprint density at radius 3 is 1.33 bits per heavy atom. The van der Waals surface area contributed by atoms with E-state index in [0.29, 0.717) is 55.5 Å². The van der Waals surface area contributed by atoms with E-state index >= 15 is 0 Å². The quantitative estimate of drug-likeness (QED) is 0.0540. The Morgan fingerprint density at radius 2 is 0.909 bits per heavy atom. The smallest absolute Gasteiger partial charge is 0.325 e. The van der Waals surface area contributed by atoms with Crippen molar-refractivity contribution in [3.63, 3.8) is 0 Å². The molecule has 0 aliphatic carbocycles. The van der Waals surface area contributed by atoms with E-state index in [4.69, 9.17) is 9.97 Å². The summed E-state index contributed by atoms with van der Waals surface area (Å²) in [6, 6.07) is 0. The maximum atomic E-state index is 13.6. The first kappa shape index (κ1) is 49.8. The predicted molar refractivity (Wildman–Crippen MR) is 245 cm³/mol. The molecule has 0 aromatic carbocycles. The van der Waals surface area contributed by atoms with Gasteiger partial charge in [-0.1, -0.05) is 25.3 Å². The molecule has 350 valence electrons. The topological polar surface area (TPSA) is 322 Å². The highest BCUT2D eigenvalue weighted by Gasteiger charge is 2.51. The molecule has 0 amide bonds. The average Bonchev–Trinajstić information content (AvgIpc) is 3.96. The predicted octanol–water partition coefficient (Wildman–Crippen LogP) is 6.51. The van der Waals surface area contributed by atoms with Crippen molar-refractivity contribution in [2.45, 2.75) is 104 Å². The molecule has 18 nitrogen and oxygen atoms in total. The summed E-state index contributed by atoms with van der Waals surface area (Å²) < 4.78 is 0. The molecule has 0 spiro atoms. The average molecular weight is 911 g/mol. The van der Waals surface area contributed by atoms with Crippen LogP contribution in [0, 0.1) is 13.8 Å². The van der Waals surface area contributed by atoms with Gasteiger partial charge in [-0.15, -0.1) is 0 Å². The van der Waals surface area contributed by atoms with Gasteiger partial charge in [0.1, 0.15) is 0 Å². The summed E-state index contributed by atoms with van der Waals surface area (Å²) in [7, 11) is 0. The number of hydrogen-bond donors (Lipinski definition) is 10. The molecule has 0 atom stereocenters. The molecule has 2 aliphatic rings. The summed E-state index contributed by atoms with van der Waals surface area (Å²) in [4.78, 5) is 95.4. The molecule has 0 saturated heterocycles. The Labute approximate surface area is 378 Å². The number of carbonyl (C=O) groups is 6. The van der Waals surface area contributed by atoms with E-state index < -0.39 is 82.7 Å². The largest absolute Gasteiger partial charge is 0.481 e. The first-order valence-corrected chi connectivity index (χ1v) is 21.1. The summed E-state index contributed by atoms with van der Waals surface area (Å²) in [5.74, 6) is -10.1. The number of allylic oxidation sites excluding steroid dienone is 4. The highest BCUT2D eigenvalue weighted by molar-refractivity contribution is 6.12. The lowest BCUT2D eigenvalue weighted by Gasteiger charge is -2.24. The van der Waals surface area contributed by atoms with Gasteiger partial charge in [0.2, 0.25) is 0 Å². The fourth-order valence-corrected chi connectivity index (χ4v) is 9.00. The van der Waals surface area contributed by atoms with Crippen molar-refractivity contribution >= 4 is 92.3 Å². The molecule has 0 unspecified atom stereocenters. The minimum atomic E-state index is -2.99. The van der Waals surface area contributed by atoms with E-state index in [2.05, 4.69) is 23.1 Å². The molecule has 0 fully saturated rings. The zero-order valence-electron chi connectivity index (χ0n) is 37.6. The van der Waals surface area contributed by atoms with Crippen LogP contribution in [0.25, 0.3) is 56.5 Å². The van der Waals surface area contributed by atoms with Crippen molar-refractivity contribution in [1.82, 2.24) is 19.9 Å². The van der Waals surface area contributed by atoms with Gasteiger partial charge < -0.3 is 50.8 Å². The van der Waals surface area contributed by atoms with E-state index in [1.165, 1.54) is 13.0 Å². The molecular formula is C48H54N4O14. The molecule has 2 aliphatic heterocycles. The lowest BCUT2D eigenvalue weighted by Crippen LogP contribution is -2.42. The Hall–Kier alpha value is -7.18. The van der Waals surface area contributed by atoms with Gasteiger partial charge in [0.25, 0.3) is 0 Å². The SMILES string of the molecule is C=Cc1c(C)c2[nH]c1c(CCCO)c1nc(c(C(C)(C(=O)O)C(=O)O)c3nc(c(C(C)(C(=O)O)C(=O)O)c4[nH]c(c(C=C)c4C)c2CCCO)C(C)=C3CCC(=O)O)C(CCC(=O)O)=C1C.